The van der Waals surface area contributed by atoms with Crippen LogP contribution in [0.15, 0.2) is 30.5 Å². The van der Waals surface area contributed by atoms with Crippen LogP contribution < -0.4 is 10.5 Å². The summed E-state index contributed by atoms with van der Waals surface area (Å²) in [6.07, 6.45) is 2.79. The molecule has 0 saturated heterocycles. The van der Waals surface area contributed by atoms with Crippen LogP contribution in [0.25, 0.3) is 0 Å². The molecule has 0 aliphatic rings. The number of hydrogen-bond donors (Lipinski definition) is 1. The zero-order chi connectivity index (χ0) is 15.5. The van der Waals surface area contributed by atoms with E-state index in [0.717, 1.165) is 18.7 Å². The lowest BCUT2D eigenvalue weighted by Gasteiger charge is -2.20. The molecule has 21 heavy (non-hydrogen) atoms. The van der Waals surface area contributed by atoms with Crippen molar-refractivity contribution in [2.75, 3.05) is 12.3 Å². The Kier molecular flexibility index (Phi) is 4.56. The smallest absolute Gasteiger partial charge is 0.145 e. The van der Waals surface area contributed by atoms with Crippen molar-refractivity contribution in [3.63, 3.8) is 0 Å². The van der Waals surface area contributed by atoms with Gasteiger partial charge in [-0.15, -0.1) is 0 Å². The standard InChI is InChI=1S/C17H25N3O/c1-13-12-14(17(2,3)4)6-7-15(13)21-11-5-9-20-10-8-16(18)19-20/h6-8,10,12H,5,9,11H2,1-4H3,(H2,18,19). The molecule has 4 heteroatoms. The van der Waals surface area contributed by atoms with Crippen LogP contribution >= 0.6 is 0 Å². The fraction of sp³-hybridized carbons (Fsp3) is 0.471. The van der Waals surface area contributed by atoms with Crippen molar-refractivity contribution in [2.45, 2.75) is 46.1 Å². The van der Waals surface area contributed by atoms with Gasteiger partial charge in [0.15, 0.2) is 0 Å². The van der Waals surface area contributed by atoms with E-state index in [0.29, 0.717) is 12.4 Å². The summed E-state index contributed by atoms with van der Waals surface area (Å²) in [5.74, 6) is 1.52. The van der Waals surface area contributed by atoms with E-state index in [9.17, 15) is 0 Å². The number of rotatable bonds is 5. The van der Waals surface area contributed by atoms with Crippen LogP contribution in [0.2, 0.25) is 0 Å². The molecular weight excluding hydrogens is 262 g/mol. The highest BCUT2D eigenvalue weighted by molar-refractivity contribution is 5.38. The van der Waals surface area contributed by atoms with Gasteiger partial charge in [-0.25, -0.2) is 0 Å². The molecule has 0 aliphatic carbocycles. The second-order valence-corrected chi connectivity index (χ2v) is 6.44. The molecule has 1 heterocycles. The van der Waals surface area contributed by atoms with Crippen LogP contribution in [0.1, 0.15) is 38.3 Å². The molecule has 0 unspecified atom stereocenters. The van der Waals surface area contributed by atoms with Gasteiger partial charge in [0.1, 0.15) is 11.6 Å². The highest BCUT2D eigenvalue weighted by Crippen LogP contribution is 2.27. The van der Waals surface area contributed by atoms with E-state index in [1.54, 1.807) is 6.07 Å². The van der Waals surface area contributed by atoms with E-state index in [1.165, 1.54) is 11.1 Å². The molecule has 2 N–H and O–H groups in total. The predicted molar refractivity (Wildman–Crippen MR) is 86.6 cm³/mol. The Hall–Kier alpha value is -1.97. The number of hydrogen-bond acceptors (Lipinski definition) is 3. The van der Waals surface area contributed by atoms with E-state index in [-0.39, 0.29) is 5.41 Å². The van der Waals surface area contributed by atoms with E-state index in [4.69, 9.17) is 10.5 Å². The van der Waals surface area contributed by atoms with Gasteiger partial charge in [0.2, 0.25) is 0 Å². The Morgan fingerprint density at radius 1 is 1.24 bits per heavy atom. The summed E-state index contributed by atoms with van der Waals surface area (Å²) in [7, 11) is 0. The lowest BCUT2D eigenvalue weighted by Crippen LogP contribution is -2.11. The Morgan fingerprint density at radius 2 is 2.00 bits per heavy atom. The summed E-state index contributed by atoms with van der Waals surface area (Å²) in [6.45, 7) is 10.2. The zero-order valence-corrected chi connectivity index (χ0v) is 13.4. The number of nitrogens with two attached hydrogens (primary N) is 1. The maximum atomic E-state index is 5.86. The Morgan fingerprint density at radius 3 is 2.57 bits per heavy atom. The largest absolute Gasteiger partial charge is 0.493 e. The van der Waals surface area contributed by atoms with Crippen LogP contribution in [0, 0.1) is 6.92 Å². The van der Waals surface area contributed by atoms with Gasteiger partial charge in [-0.05, 0) is 35.6 Å². The van der Waals surface area contributed by atoms with Crippen molar-refractivity contribution in [1.29, 1.82) is 0 Å². The molecule has 0 spiro atoms. The van der Waals surface area contributed by atoms with Crippen molar-refractivity contribution in [2.24, 2.45) is 0 Å². The van der Waals surface area contributed by atoms with E-state index in [2.05, 4.69) is 51.0 Å². The van der Waals surface area contributed by atoms with Gasteiger partial charge in [-0.2, -0.15) is 5.10 Å². The topological polar surface area (TPSA) is 53.1 Å². The first-order valence-electron chi connectivity index (χ1n) is 7.39. The molecule has 0 aliphatic heterocycles. The van der Waals surface area contributed by atoms with Crippen LogP contribution in [0.5, 0.6) is 5.75 Å². The summed E-state index contributed by atoms with van der Waals surface area (Å²) in [4.78, 5) is 0. The number of nitrogen functional groups attached to an aromatic ring is 1. The van der Waals surface area contributed by atoms with Crippen molar-refractivity contribution in [3.05, 3.63) is 41.6 Å². The van der Waals surface area contributed by atoms with E-state index < -0.39 is 0 Å². The van der Waals surface area contributed by atoms with Gasteiger partial charge in [-0.1, -0.05) is 32.9 Å². The predicted octanol–water partition coefficient (Wildman–Crippen LogP) is 3.54. The number of anilines is 1. The third-order valence-electron chi connectivity index (χ3n) is 3.49. The Balaban J connectivity index is 1.86. The van der Waals surface area contributed by atoms with E-state index >= 15 is 0 Å². The number of benzene rings is 1. The first-order valence-corrected chi connectivity index (χ1v) is 7.39. The number of aryl methyl sites for hydroxylation is 2. The van der Waals surface area contributed by atoms with Gasteiger partial charge in [0.25, 0.3) is 0 Å². The fourth-order valence-electron chi connectivity index (χ4n) is 2.19. The van der Waals surface area contributed by atoms with Gasteiger partial charge < -0.3 is 10.5 Å². The molecule has 4 nitrogen and oxygen atoms in total. The highest BCUT2D eigenvalue weighted by atomic mass is 16.5. The number of ether oxygens (including phenoxy) is 1. The molecule has 2 aromatic rings. The lowest BCUT2D eigenvalue weighted by molar-refractivity contribution is 0.296. The third-order valence-corrected chi connectivity index (χ3v) is 3.49. The van der Waals surface area contributed by atoms with E-state index in [1.807, 2.05) is 10.9 Å². The first kappa shape index (κ1) is 15.4. The molecule has 0 fully saturated rings. The van der Waals surface area contributed by atoms with Crippen LogP contribution in [-0.4, -0.2) is 16.4 Å². The average molecular weight is 287 g/mol. The van der Waals surface area contributed by atoms with Crippen LogP contribution in [0.4, 0.5) is 5.82 Å². The monoisotopic (exact) mass is 287 g/mol. The molecule has 0 radical (unpaired) electrons. The average Bonchev–Trinajstić information content (AvgIpc) is 2.80. The zero-order valence-electron chi connectivity index (χ0n) is 13.4. The fourth-order valence-corrected chi connectivity index (χ4v) is 2.19. The molecule has 1 aromatic carbocycles. The SMILES string of the molecule is Cc1cc(C(C)(C)C)ccc1OCCCn1ccc(N)n1. The highest BCUT2D eigenvalue weighted by Gasteiger charge is 2.14. The minimum absolute atomic E-state index is 0.170. The summed E-state index contributed by atoms with van der Waals surface area (Å²) >= 11 is 0. The Bertz CT molecular complexity index is 596. The number of aromatic nitrogens is 2. The van der Waals surface area contributed by atoms with Crippen molar-refractivity contribution >= 4 is 5.82 Å². The van der Waals surface area contributed by atoms with Gasteiger partial charge in [0.05, 0.1) is 6.61 Å². The van der Waals surface area contributed by atoms with Gasteiger partial charge in [0, 0.05) is 19.2 Å². The second-order valence-electron chi connectivity index (χ2n) is 6.44. The van der Waals surface area contributed by atoms with Crippen molar-refractivity contribution < 1.29 is 4.74 Å². The lowest BCUT2D eigenvalue weighted by atomic mass is 9.86. The quantitative estimate of drug-likeness (QED) is 0.856. The summed E-state index contributed by atoms with van der Waals surface area (Å²) in [5, 5.41) is 4.15. The molecule has 1 aromatic heterocycles. The molecule has 114 valence electrons. The molecule has 0 bridgehead atoms. The van der Waals surface area contributed by atoms with Crippen molar-refractivity contribution in [3.8, 4) is 5.75 Å². The van der Waals surface area contributed by atoms with Gasteiger partial charge >= 0.3 is 0 Å². The molecule has 0 saturated carbocycles. The summed E-state index contributed by atoms with van der Waals surface area (Å²) < 4.78 is 7.70. The third kappa shape index (κ3) is 4.25. The minimum atomic E-state index is 0.170. The van der Waals surface area contributed by atoms with Gasteiger partial charge in [-0.3, -0.25) is 4.68 Å². The molecular formula is C17H25N3O. The van der Waals surface area contributed by atoms with Crippen molar-refractivity contribution in [1.82, 2.24) is 9.78 Å². The normalized spacial score (nSPS) is 11.6. The molecule has 2 rings (SSSR count). The number of nitrogens with zero attached hydrogens (tertiary/aromatic N) is 2. The maximum Gasteiger partial charge on any atom is 0.145 e. The Labute approximate surface area is 126 Å². The van der Waals surface area contributed by atoms with Crippen LogP contribution in [-0.2, 0) is 12.0 Å². The molecule has 0 amide bonds. The van der Waals surface area contributed by atoms with Crippen LogP contribution in [0.3, 0.4) is 0 Å². The second kappa shape index (κ2) is 6.20. The maximum absolute atomic E-state index is 5.86. The first-order chi connectivity index (χ1) is 9.86. The summed E-state index contributed by atoms with van der Waals surface area (Å²) in [6, 6.07) is 8.23. The summed E-state index contributed by atoms with van der Waals surface area (Å²) in [5.41, 5.74) is 8.27. The minimum Gasteiger partial charge on any atom is -0.493 e. The molecule has 0 atom stereocenters.